The molecule has 0 unspecified atom stereocenters. The fourth-order valence-electron chi connectivity index (χ4n) is 2.24. The standard InChI is InChI=1S/C17H11FN2O5S/c1-26(22,23)20-13-7-15-11(17(21)10(8-19)9-24-15)6-16(13)25-14-5-3-2-4-12(14)18/h2-7,9,20H,1H3. The van der Waals surface area contributed by atoms with Gasteiger partial charge in [0, 0.05) is 6.07 Å². The molecule has 1 N–H and O–H groups in total. The lowest BCUT2D eigenvalue weighted by molar-refractivity contribution is 0.444. The molecule has 0 aliphatic carbocycles. The molecule has 1 aromatic heterocycles. The summed E-state index contributed by atoms with van der Waals surface area (Å²) < 4.78 is 50.0. The highest BCUT2D eigenvalue weighted by molar-refractivity contribution is 7.92. The fraction of sp³-hybridized carbons (Fsp3) is 0.0588. The van der Waals surface area contributed by atoms with Crippen molar-refractivity contribution in [3.05, 3.63) is 64.3 Å². The Balaban J connectivity index is 2.24. The number of hydrogen-bond acceptors (Lipinski definition) is 6. The van der Waals surface area contributed by atoms with Crippen molar-refractivity contribution >= 4 is 26.7 Å². The molecule has 3 rings (SSSR count). The number of halogens is 1. The molecule has 0 aliphatic heterocycles. The normalized spacial score (nSPS) is 11.1. The molecule has 0 saturated carbocycles. The van der Waals surface area contributed by atoms with E-state index in [-0.39, 0.29) is 33.7 Å². The SMILES string of the molecule is CS(=O)(=O)Nc1cc2occ(C#N)c(=O)c2cc1Oc1ccccc1F. The van der Waals surface area contributed by atoms with Crippen LogP contribution in [0.3, 0.4) is 0 Å². The lowest BCUT2D eigenvalue weighted by atomic mass is 10.1. The summed E-state index contributed by atoms with van der Waals surface area (Å²) in [6, 6.07) is 9.64. The summed E-state index contributed by atoms with van der Waals surface area (Å²) in [6.07, 6.45) is 1.91. The maximum Gasteiger partial charge on any atom is 0.229 e. The third-order valence-electron chi connectivity index (χ3n) is 3.35. The second kappa shape index (κ2) is 6.50. The van der Waals surface area contributed by atoms with E-state index in [1.807, 2.05) is 0 Å². The maximum atomic E-state index is 13.9. The van der Waals surface area contributed by atoms with E-state index in [9.17, 15) is 17.6 Å². The minimum Gasteiger partial charge on any atom is -0.463 e. The molecule has 1 heterocycles. The molecule has 0 saturated heterocycles. The van der Waals surface area contributed by atoms with Crippen LogP contribution < -0.4 is 14.9 Å². The van der Waals surface area contributed by atoms with E-state index in [4.69, 9.17) is 14.4 Å². The van der Waals surface area contributed by atoms with Crippen molar-refractivity contribution in [2.75, 3.05) is 11.0 Å². The van der Waals surface area contributed by atoms with Crippen LogP contribution in [0.4, 0.5) is 10.1 Å². The molecule has 0 fully saturated rings. The Morgan fingerprint density at radius 2 is 1.96 bits per heavy atom. The van der Waals surface area contributed by atoms with E-state index in [0.29, 0.717) is 0 Å². The molecule has 7 nitrogen and oxygen atoms in total. The number of anilines is 1. The molecule has 3 aromatic rings. The highest BCUT2D eigenvalue weighted by Gasteiger charge is 2.16. The van der Waals surface area contributed by atoms with E-state index >= 15 is 0 Å². The zero-order chi connectivity index (χ0) is 18.9. The van der Waals surface area contributed by atoms with Gasteiger partial charge in [-0.2, -0.15) is 5.26 Å². The van der Waals surface area contributed by atoms with Gasteiger partial charge in [-0.25, -0.2) is 12.8 Å². The zero-order valence-electron chi connectivity index (χ0n) is 13.3. The predicted molar refractivity (Wildman–Crippen MR) is 92.1 cm³/mol. The molecule has 132 valence electrons. The van der Waals surface area contributed by atoms with Crippen molar-refractivity contribution in [2.45, 2.75) is 0 Å². The molecule has 26 heavy (non-hydrogen) atoms. The van der Waals surface area contributed by atoms with Crippen LogP contribution in [0.5, 0.6) is 11.5 Å². The topological polar surface area (TPSA) is 109 Å². The van der Waals surface area contributed by atoms with Gasteiger partial charge in [-0.3, -0.25) is 9.52 Å². The number of benzene rings is 2. The van der Waals surface area contributed by atoms with Gasteiger partial charge >= 0.3 is 0 Å². The Morgan fingerprint density at radius 3 is 2.62 bits per heavy atom. The molecular formula is C17H11FN2O5S. The predicted octanol–water partition coefficient (Wildman–Crippen LogP) is 2.97. The lowest BCUT2D eigenvalue weighted by Gasteiger charge is -2.13. The van der Waals surface area contributed by atoms with Crippen LogP contribution in [-0.2, 0) is 10.0 Å². The van der Waals surface area contributed by atoms with Crippen LogP contribution >= 0.6 is 0 Å². The number of ether oxygens (including phenoxy) is 1. The molecule has 0 amide bonds. The van der Waals surface area contributed by atoms with Crippen molar-refractivity contribution in [1.82, 2.24) is 0 Å². The third kappa shape index (κ3) is 3.50. The molecule has 0 aliphatic rings. The van der Waals surface area contributed by atoms with Crippen LogP contribution in [0.2, 0.25) is 0 Å². The minimum absolute atomic E-state index is 0.00515. The van der Waals surface area contributed by atoms with Crippen LogP contribution in [0.15, 0.2) is 51.9 Å². The quantitative estimate of drug-likeness (QED) is 0.752. The van der Waals surface area contributed by atoms with E-state index in [1.165, 1.54) is 36.4 Å². The first-order valence-corrected chi connectivity index (χ1v) is 9.07. The number of nitrogens with zero attached hydrogens (tertiary/aromatic N) is 1. The number of nitriles is 1. The Bertz CT molecular complexity index is 1210. The Hall–Kier alpha value is -3.38. The fourth-order valence-corrected chi connectivity index (χ4v) is 2.80. The Morgan fingerprint density at radius 1 is 1.23 bits per heavy atom. The number of nitrogens with one attached hydrogen (secondary N) is 1. The molecular weight excluding hydrogens is 363 g/mol. The second-order valence-corrected chi connectivity index (χ2v) is 7.09. The summed E-state index contributed by atoms with van der Waals surface area (Å²) in [5.41, 5.74) is -0.839. The summed E-state index contributed by atoms with van der Waals surface area (Å²) >= 11 is 0. The first-order valence-electron chi connectivity index (χ1n) is 7.18. The van der Waals surface area contributed by atoms with Gasteiger partial charge in [0.05, 0.1) is 17.3 Å². The Kier molecular flexibility index (Phi) is 4.36. The summed E-state index contributed by atoms with van der Waals surface area (Å²) in [5, 5.41) is 8.94. The summed E-state index contributed by atoms with van der Waals surface area (Å²) in [4.78, 5) is 12.3. The molecule has 0 bridgehead atoms. The van der Waals surface area contributed by atoms with Crippen LogP contribution in [0.1, 0.15) is 5.56 Å². The van der Waals surface area contributed by atoms with E-state index in [2.05, 4.69) is 4.72 Å². The summed E-state index contributed by atoms with van der Waals surface area (Å²) in [7, 11) is -3.69. The highest BCUT2D eigenvalue weighted by Crippen LogP contribution is 2.34. The van der Waals surface area contributed by atoms with Crippen molar-refractivity contribution in [3.8, 4) is 17.6 Å². The number of sulfonamides is 1. The summed E-state index contributed by atoms with van der Waals surface area (Å²) in [5.74, 6) is -0.949. The van der Waals surface area contributed by atoms with E-state index in [0.717, 1.165) is 12.5 Å². The monoisotopic (exact) mass is 374 g/mol. The van der Waals surface area contributed by atoms with Gasteiger partial charge in [0.2, 0.25) is 15.5 Å². The molecule has 0 atom stereocenters. The Labute approximate surface area is 147 Å². The molecule has 0 spiro atoms. The first-order chi connectivity index (χ1) is 12.3. The third-order valence-corrected chi connectivity index (χ3v) is 3.94. The van der Waals surface area contributed by atoms with Gasteiger partial charge in [-0.05, 0) is 18.2 Å². The number of fused-ring (bicyclic) bond motifs is 1. The summed E-state index contributed by atoms with van der Waals surface area (Å²) in [6.45, 7) is 0. The van der Waals surface area contributed by atoms with Crippen molar-refractivity contribution in [2.24, 2.45) is 0 Å². The van der Waals surface area contributed by atoms with Gasteiger partial charge < -0.3 is 9.15 Å². The molecule has 9 heteroatoms. The van der Waals surface area contributed by atoms with Crippen LogP contribution in [0, 0.1) is 17.1 Å². The average Bonchev–Trinajstić information content (AvgIpc) is 2.57. The smallest absolute Gasteiger partial charge is 0.229 e. The van der Waals surface area contributed by atoms with Gasteiger partial charge in [0.25, 0.3) is 0 Å². The van der Waals surface area contributed by atoms with Gasteiger partial charge in [-0.15, -0.1) is 0 Å². The minimum atomic E-state index is -3.69. The number of para-hydroxylation sites is 1. The first kappa shape index (κ1) is 17.4. The van der Waals surface area contributed by atoms with Crippen LogP contribution in [-0.4, -0.2) is 14.7 Å². The number of rotatable bonds is 4. The largest absolute Gasteiger partial charge is 0.463 e. The van der Waals surface area contributed by atoms with Gasteiger partial charge in [-0.1, -0.05) is 12.1 Å². The van der Waals surface area contributed by atoms with E-state index < -0.39 is 21.3 Å². The lowest BCUT2D eigenvalue weighted by Crippen LogP contribution is -2.12. The highest BCUT2D eigenvalue weighted by atomic mass is 32.2. The van der Waals surface area contributed by atoms with E-state index in [1.54, 1.807) is 6.07 Å². The molecule has 0 radical (unpaired) electrons. The molecule has 2 aromatic carbocycles. The van der Waals surface area contributed by atoms with Crippen molar-refractivity contribution < 1.29 is 22.0 Å². The zero-order valence-corrected chi connectivity index (χ0v) is 14.1. The van der Waals surface area contributed by atoms with Gasteiger partial charge in [0.1, 0.15) is 23.5 Å². The second-order valence-electron chi connectivity index (χ2n) is 5.34. The number of hydrogen-bond donors (Lipinski definition) is 1. The van der Waals surface area contributed by atoms with Crippen LogP contribution in [0.25, 0.3) is 11.0 Å². The van der Waals surface area contributed by atoms with Crippen molar-refractivity contribution in [1.29, 1.82) is 5.26 Å². The van der Waals surface area contributed by atoms with Crippen molar-refractivity contribution in [3.63, 3.8) is 0 Å². The van der Waals surface area contributed by atoms with Gasteiger partial charge in [0.15, 0.2) is 17.3 Å². The average molecular weight is 374 g/mol. The maximum absolute atomic E-state index is 13.9.